The molecule has 1 aromatic carbocycles. The third kappa shape index (κ3) is 2.20. The minimum atomic E-state index is 0.845. The minimum absolute atomic E-state index is 0.845. The highest BCUT2D eigenvalue weighted by molar-refractivity contribution is 9.10. The number of fused-ring (bicyclic) bond motifs is 1. The molecule has 0 aliphatic carbocycles. The van der Waals surface area contributed by atoms with Crippen LogP contribution in [0.3, 0.4) is 0 Å². The maximum absolute atomic E-state index is 5.81. The second-order valence-corrected chi connectivity index (χ2v) is 5.44. The molecular weight excluding hydrogens is 290 g/mol. The summed E-state index contributed by atoms with van der Waals surface area (Å²) in [5.41, 5.74) is 10.4. The Balaban J connectivity index is 1.82. The molecule has 0 fully saturated rings. The molecule has 92 valence electrons. The van der Waals surface area contributed by atoms with E-state index in [2.05, 4.69) is 44.0 Å². The molecule has 0 amide bonds. The molecule has 3 rings (SSSR count). The number of pyridine rings is 1. The van der Waals surface area contributed by atoms with Gasteiger partial charge < -0.3 is 10.6 Å². The van der Waals surface area contributed by atoms with Crippen molar-refractivity contribution in [2.45, 2.75) is 13.0 Å². The van der Waals surface area contributed by atoms with Crippen LogP contribution in [0.4, 0.5) is 11.4 Å². The first-order valence-electron chi connectivity index (χ1n) is 5.96. The third-order valence-corrected chi connectivity index (χ3v) is 3.71. The van der Waals surface area contributed by atoms with Crippen molar-refractivity contribution >= 4 is 27.3 Å². The Kier molecular flexibility index (Phi) is 2.96. The van der Waals surface area contributed by atoms with Crippen molar-refractivity contribution in [1.82, 2.24) is 4.98 Å². The molecule has 1 aromatic heterocycles. The molecule has 18 heavy (non-hydrogen) atoms. The van der Waals surface area contributed by atoms with E-state index < -0.39 is 0 Å². The van der Waals surface area contributed by atoms with Gasteiger partial charge in [0.15, 0.2) is 0 Å². The number of nitrogens with two attached hydrogens (primary N) is 1. The van der Waals surface area contributed by atoms with Crippen molar-refractivity contribution in [3.63, 3.8) is 0 Å². The van der Waals surface area contributed by atoms with Gasteiger partial charge in [-0.2, -0.15) is 0 Å². The molecule has 0 radical (unpaired) electrons. The maximum atomic E-state index is 5.81. The van der Waals surface area contributed by atoms with Crippen LogP contribution < -0.4 is 10.6 Å². The number of hydrogen-bond donors (Lipinski definition) is 1. The lowest BCUT2D eigenvalue weighted by atomic mass is 10.1. The van der Waals surface area contributed by atoms with Crippen molar-refractivity contribution in [3.05, 3.63) is 52.3 Å². The fourth-order valence-electron chi connectivity index (χ4n) is 2.35. The highest BCUT2D eigenvalue weighted by atomic mass is 79.9. The van der Waals surface area contributed by atoms with Gasteiger partial charge in [-0.1, -0.05) is 0 Å². The van der Waals surface area contributed by atoms with Gasteiger partial charge in [-0.25, -0.2) is 0 Å². The number of nitrogen functional groups attached to an aromatic ring is 1. The average molecular weight is 304 g/mol. The van der Waals surface area contributed by atoms with Gasteiger partial charge in [-0.3, -0.25) is 4.98 Å². The van der Waals surface area contributed by atoms with Crippen LogP contribution >= 0.6 is 15.9 Å². The van der Waals surface area contributed by atoms with Crippen LogP contribution in [0.2, 0.25) is 0 Å². The molecule has 0 spiro atoms. The molecule has 0 bridgehead atoms. The molecule has 0 saturated heterocycles. The number of aromatic nitrogens is 1. The van der Waals surface area contributed by atoms with Crippen molar-refractivity contribution in [3.8, 4) is 0 Å². The summed E-state index contributed by atoms with van der Waals surface area (Å²) in [7, 11) is 0. The topological polar surface area (TPSA) is 42.1 Å². The Bertz CT molecular complexity index is 566. The molecule has 4 heteroatoms. The largest absolute Gasteiger partial charge is 0.399 e. The first-order valence-corrected chi connectivity index (χ1v) is 6.75. The Morgan fingerprint density at radius 3 is 2.94 bits per heavy atom. The second-order valence-electron chi connectivity index (χ2n) is 4.53. The van der Waals surface area contributed by atoms with Crippen LogP contribution in [0.5, 0.6) is 0 Å². The number of benzene rings is 1. The maximum Gasteiger partial charge on any atom is 0.0602 e. The Morgan fingerprint density at radius 1 is 1.28 bits per heavy atom. The number of rotatable bonds is 2. The van der Waals surface area contributed by atoms with Gasteiger partial charge in [0.2, 0.25) is 0 Å². The zero-order valence-electron chi connectivity index (χ0n) is 9.94. The quantitative estimate of drug-likeness (QED) is 0.867. The van der Waals surface area contributed by atoms with Crippen molar-refractivity contribution in [2.75, 3.05) is 17.2 Å². The van der Waals surface area contributed by atoms with Gasteiger partial charge in [0, 0.05) is 28.6 Å². The van der Waals surface area contributed by atoms with Gasteiger partial charge in [0.1, 0.15) is 0 Å². The smallest absolute Gasteiger partial charge is 0.0602 e. The summed E-state index contributed by atoms with van der Waals surface area (Å²) in [5.74, 6) is 0. The molecule has 0 unspecified atom stereocenters. The minimum Gasteiger partial charge on any atom is -0.399 e. The van der Waals surface area contributed by atoms with Gasteiger partial charge >= 0.3 is 0 Å². The molecule has 1 aliphatic heterocycles. The second kappa shape index (κ2) is 4.61. The van der Waals surface area contributed by atoms with E-state index in [9.17, 15) is 0 Å². The van der Waals surface area contributed by atoms with E-state index in [0.717, 1.165) is 35.4 Å². The van der Waals surface area contributed by atoms with Crippen LogP contribution in [0.15, 0.2) is 41.0 Å². The molecule has 2 aromatic rings. The summed E-state index contributed by atoms with van der Waals surface area (Å²) >= 11 is 3.40. The van der Waals surface area contributed by atoms with E-state index in [4.69, 9.17) is 5.73 Å². The first-order chi connectivity index (χ1) is 8.72. The number of anilines is 2. The number of nitrogens with zero attached hydrogens (tertiary/aromatic N) is 2. The lowest BCUT2D eigenvalue weighted by Gasteiger charge is -2.18. The van der Waals surface area contributed by atoms with Crippen molar-refractivity contribution in [1.29, 1.82) is 0 Å². The third-order valence-electron chi connectivity index (χ3n) is 3.24. The summed E-state index contributed by atoms with van der Waals surface area (Å²) in [6.45, 7) is 1.89. The van der Waals surface area contributed by atoms with Crippen LogP contribution in [-0.2, 0) is 13.0 Å². The molecule has 2 heterocycles. The highest BCUT2D eigenvalue weighted by Crippen LogP contribution is 2.30. The zero-order chi connectivity index (χ0) is 12.5. The van der Waals surface area contributed by atoms with E-state index in [-0.39, 0.29) is 0 Å². The molecule has 0 saturated carbocycles. The first kappa shape index (κ1) is 11.5. The van der Waals surface area contributed by atoms with Crippen LogP contribution in [0.25, 0.3) is 0 Å². The van der Waals surface area contributed by atoms with Crippen molar-refractivity contribution < 1.29 is 0 Å². The summed E-state index contributed by atoms with van der Waals surface area (Å²) in [6, 6.07) is 10.2. The number of halogens is 1. The van der Waals surface area contributed by atoms with E-state index in [0.29, 0.717) is 0 Å². The Morgan fingerprint density at radius 2 is 2.17 bits per heavy atom. The predicted octanol–water partition coefficient (Wildman–Crippen LogP) is 2.99. The van der Waals surface area contributed by atoms with Crippen molar-refractivity contribution in [2.24, 2.45) is 0 Å². The fourth-order valence-corrected chi connectivity index (χ4v) is 2.58. The molecule has 1 aliphatic rings. The van der Waals surface area contributed by atoms with E-state index in [1.54, 1.807) is 0 Å². The molecule has 2 N–H and O–H groups in total. The standard InChI is InChI=1S/C14H14BrN3/c15-11-1-3-13(17-8-11)9-18-6-5-10-7-12(16)2-4-14(10)18/h1-4,7-8H,5-6,9,16H2. The van der Waals surface area contributed by atoms with Crippen LogP contribution in [0, 0.1) is 0 Å². The van der Waals surface area contributed by atoms with Gasteiger partial charge in [-0.05, 0) is 58.2 Å². The lowest BCUT2D eigenvalue weighted by molar-refractivity contribution is 0.814. The zero-order valence-corrected chi connectivity index (χ0v) is 11.5. The van der Waals surface area contributed by atoms with Gasteiger partial charge in [0.25, 0.3) is 0 Å². The van der Waals surface area contributed by atoms with Crippen LogP contribution in [-0.4, -0.2) is 11.5 Å². The summed E-state index contributed by atoms with van der Waals surface area (Å²) in [6.07, 6.45) is 2.91. The fraction of sp³-hybridized carbons (Fsp3) is 0.214. The SMILES string of the molecule is Nc1ccc2c(c1)CCN2Cc1ccc(Br)cn1. The molecule has 3 nitrogen and oxygen atoms in total. The number of hydrogen-bond acceptors (Lipinski definition) is 3. The van der Waals surface area contributed by atoms with E-state index >= 15 is 0 Å². The normalized spacial score (nSPS) is 13.7. The lowest BCUT2D eigenvalue weighted by Crippen LogP contribution is -2.20. The van der Waals surface area contributed by atoms with E-state index in [1.807, 2.05) is 18.3 Å². The predicted molar refractivity (Wildman–Crippen MR) is 77.5 cm³/mol. The van der Waals surface area contributed by atoms with Crippen LogP contribution in [0.1, 0.15) is 11.3 Å². The molecule has 0 atom stereocenters. The molecular formula is C14H14BrN3. The summed E-state index contributed by atoms with van der Waals surface area (Å²) in [5, 5.41) is 0. The van der Waals surface area contributed by atoms with Gasteiger partial charge in [0.05, 0.1) is 12.2 Å². The van der Waals surface area contributed by atoms with E-state index in [1.165, 1.54) is 11.3 Å². The summed E-state index contributed by atoms with van der Waals surface area (Å²) in [4.78, 5) is 6.77. The van der Waals surface area contributed by atoms with Gasteiger partial charge in [-0.15, -0.1) is 0 Å². The summed E-state index contributed by atoms with van der Waals surface area (Å²) < 4.78 is 1.01. The average Bonchev–Trinajstić information content (AvgIpc) is 2.74. The monoisotopic (exact) mass is 303 g/mol. The Hall–Kier alpha value is -1.55. The Labute approximate surface area is 115 Å². The highest BCUT2D eigenvalue weighted by Gasteiger charge is 2.19.